The number of aryl methyl sites for hydroxylation is 1. The van der Waals surface area contributed by atoms with Crippen LogP contribution in [0.3, 0.4) is 0 Å². The number of amides is 2. The largest absolute Gasteiger partial charge is 0.393 e. The molecule has 1 aromatic rings. The zero-order valence-corrected chi connectivity index (χ0v) is 11.5. The van der Waals surface area contributed by atoms with Crippen LogP contribution in [0.4, 0.5) is 10.5 Å². The van der Waals surface area contributed by atoms with Crippen LogP contribution in [0.1, 0.15) is 31.9 Å². The number of carbonyl (C=O) groups excluding carboxylic acids is 1. The first-order valence-electron chi connectivity index (χ1n) is 6.74. The van der Waals surface area contributed by atoms with Crippen LogP contribution in [0, 0.1) is 6.92 Å². The van der Waals surface area contributed by atoms with Gasteiger partial charge in [-0.3, -0.25) is 4.98 Å². The van der Waals surface area contributed by atoms with Gasteiger partial charge in [0.25, 0.3) is 0 Å². The molecule has 1 aromatic heterocycles. The van der Waals surface area contributed by atoms with Gasteiger partial charge < -0.3 is 15.3 Å². The molecule has 2 heterocycles. The van der Waals surface area contributed by atoms with Gasteiger partial charge in [-0.15, -0.1) is 0 Å². The lowest BCUT2D eigenvalue weighted by Crippen LogP contribution is -2.40. The molecule has 1 saturated heterocycles. The molecule has 2 unspecified atom stereocenters. The van der Waals surface area contributed by atoms with E-state index in [1.165, 1.54) is 0 Å². The SMILES string of the molecule is Cc1cc(NC(=O)N2CCCC2CC(C)O)ccn1. The van der Waals surface area contributed by atoms with Gasteiger partial charge in [-0.25, -0.2) is 4.79 Å². The lowest BCUT2D eigenvalue weighted by Gasteiger charge is -2.26. The van der Waals surface area contributed by atoms with Crippen molar-refractivity contribution in [1.82, 2.24) is 9.88 Å². The minimum Gasteiger partial charge on any atom is -0.393 e. The summed E-state index contributed by atoms with van der Waals surface area (Å²) in [6.07, 6.45) is 3.92. The number of likely N-dealkylation sites (tertiary alicyclic amines) is 1. The minimum absolute atomic E-state index is 0.0891. The summed E-state index contributed by atoms with van der Waals surface area (Å²) in [6.45, 7) is 4.41. The maximum atomic E-state index is 12.2. The molecule has 0 spiro atoms. The smallest absolute Gasteiger partial charge is 0.322 e. The second-order valence-electron chi connectivity index (χ2n) is 5.19. The van der Waals surface area contributed by atoms with Crippen molar-refractivity contribution in [2.45, 2.75) is 45.3 Å². The highest BCUT2D eigenvalue weighted by molar-refractivity contribution is 5.89. The standard InChI is InChI=1S/C14H21N3O2/c1-10-8-12(5-6-15-10)16-14(19)17-7-3-4-13(17)9-11(2)18/h5-6,8,11,13,18H,3-4,7,9H2,1-2H3,(H,15,16,19). The Balaban J connectivity index is 1.99. The van der Waals surface area contributed by atoms with Crippen molar-refractivity contribution in [3.8, 4) is 0 Å². The fraction of sp³-hybridized carbons (Fsp3) is 0.571. The van der Waals surface area contributed by atoms with E-state index in [9.17, 15) is 9.90 Å². The molecule has 1 aliphatic heterocycles. The Morgan fingerprint density at radius 3 is 3.16 bits per heavy atom. The van der Waals surface area contributed by atoms with Gasteiger partial charge in [0.15, 0.2) is 0 Å². The second kappa shape index (κ2) is 6.02. The molecule has 5 nitrogen and oxygen atoms in total. The van der Waals surface area contributed by atoms with Crippen molar-refractivity contribution < 1.29 is 9.90 Å². The average molecular weight is 263 g/mol. The van der Waals surface area contributed by atoms with E-state index in [2.05, 4.69) is 10.3 Å². The van der Waals surface area contributed by atoms with E-state index in [0.29, 0.717) is 6.42 Å². The third-order valence-electron chi connectivity index (χ3n) is 3.40. The molecule has 0 saturated carbocycles. The first kappa shape index (κ1) is 13.8. The molecule has 2 atom stereocenters. The summed E-state index contributed by atoms with van der Waals surface area (Å²) in [6, 6.07) is 3.68. The first-order valence-corrected chi connectivity index (χ1v) is 6.74. The number of rotatable bonds is 3. The molecule has 2 rings (SSSR count). The fourth-order valence-electron chi connectivity index (χ4n) is 2.56. The molecule has 0 bridgehead atoms. The van der Waals surface area contributed by atoms with Crippen LogP contribution in [0.2, 0.25) is 0 Å². The lowest BCUT2D eigenvalue weighted by atomic mass is 10.1. The number of hydrogen-bond donors (Lipinski definition) is 2. The summed E-state index contributed by atoms with van der Waals surface area (Å²) in [5, 5.41) is 12.4. The molecular weight excluding hydrogens is 242 g/mol. The summed E-state index contributed by atoms with van der Waals surface area (Å²) in [5.74, 6) is 0. The van der Waals surface area contributed by atoms with Crippen LogP contribution in [0.5, 0.6) is 0 Å². The molecule has 5 heteroatoms. The number of aliphatic hydroxyl groups is 1. The highest BCUT2D eigenvalue weighted by Crippen LogP contribution is 2.22. The number of carbonyl (C=O) groups is 1. The summed E-state index contributed by atoms with van der Waals surface area (Å²) in [4.78, 5) is 18.2. The zero-order chi connectivity index (χ0) is 13.8. The van der Waals surface area contributed by atoms with E-state index in [1.54, 1.807) is 19.2 Å². The fourth-order valence-corrected chi connectivity index (χ4v) is 2.56. The van der Waals surface area contributed by atoms with Gasteiger partial charge in [0.05, 0.1) is 6.10 Å². The number of nitrogens with zero attached hydrogens (tertiary/aromatic N) is 2. The molecule has 0 radical (unpaired) electrons. The Labute approximate surface area is 113 Å². The number of aliphatic hydroxyl groups excluding tert-OH is 1. The first-order chi connectivity index (χ1) is 9.06. The summed E-state index contributed by atoms with van der Waals surface area (Å²) >= 11 is 0. The van der Waals surface area contributed by atoms with Crippen molar-refractivity contribution in [3.63, 3.8) is 0 Å². The van der Waals surface area contributed by atoms with Gasteiger partial charge in [0, 0.05) is 30.2 Å². The molecule has 2 amide bonds. The second-order valence-corrected chi connectivity index (χ2v) is 5.19. The van der Waals surface area contributed by atoms with Crippen molar-refractivity contribution in [2.24, 2.45) is 0 Å². The molecule has 0 aromatic carbocycles. The van der Waals surface area contributed by atoms with Crippen LogP contribution >= 0.6 is 0 Å². The van der Waals surface area contributed by atoms with E-state index in [-0.39, 0.29) is 18.2 Å². The van der Waals surface area contributed by atoms with Crippen LogP contribution in [0.25, 0.3) is 0 Å². The van der Waals surface area contributed by atoms with E-state index in [0.717, 1.165) is 30.8 Å². The summed E-state index contributed by atoms with van der Waals surface area (Å²) in [5.41, 5.74) is 1.64. The van der Waals surface area contributed by atoms with Gasteiger partial charge >= 0.3 is 6.03 Å². The molecule has 1 aliphatic rings. The highest BCUT2D eigenvalue weighted by atomic mass is 16.3. The van der Waals surface area contributed by atoms with E-state index in [1.807, 2.05) is 17.9 Å². The molecule has 19 heavy (non-hydrogen) atoms. The van der Waals surface area contributed by atoms with Crippen molar-refractivity contribution in [2.75, 3.05) is 11.9 Å². The Bertz CT molecular complexity index is 448. The number of anilines is 1. The van der Waals surface area contributed by atoms with Gasteiger partial charge in [0.2, 0.25) is 0 Å². The topological polar surface area (TPSA) is 65.5 Å². The maximum Gasteiger partial charge on any atom is 0.322 e. The van der Waals surface area contributed by atoms with Crippen molar-refractivity contribution in [3.05, 3.63) is 24.0 Å². The molecule has 0 aliphatic carbocycles. The Hall–Kier alpha value is -1.62. The monoisotopic (exact) mass is 263 g/mol. The quantitative estimate of drug-likeness (QED) is 0.878. The van der Waals surface area contributed by atoms with Gasteiger partial charge in [0.1, 0.15) is 0 Å². The van der Waals surface area contributed by atoms with Crippen molar-refractivity contribution >= 4 is 11.7 Å². The number of pyridine rings is 1. The van der Waals surface area contributed by atoms with Crippen LogP contribution in [0.15, 0.2) is 18.3 Å². The minimum atomic E-state index is -0.374. The van der Waals surface area contributed by atoms with E-state index in [4.69, 9.17) is 0 Å². The Morgan fingerprint density at radius 2 is 2.47 bits per heavy atom. The molecule has 2 N–H and O–H groups in total. The predicted octanol–water partition coefficient (Wildman–Crippen LogP) is 2.16. The van der Waals surface area contributed by atoms with Crippen molar-refractivity contribution in [1.29, 1.82) is 0 Å². The van der Waals surface area contributed by atoms with Crippen LogP contribution < -0.4 is 5.32 Å². The number of hydrogen-bond acceptors (Lipinski definition) is 3. The van der Waals surface area contributed by atoms with Gasteiger partial charge in [-0.05, 0) is 45.2 Å². The maximum absolute atomic E-state index is 12.2. The summed E-state index contributed by atoms with van der Waals surface area (Å²) < 4.78 is 0. The van der Waals surface area contributed by atoms with Gasteiger partial charge in [-0.1, -0.05) is 0 Å². The normalized spacial score (nSPS) is 20.4. The van der Waals surface area contributed by atoms with Gasteiger partial charge in [-0.2, -0.15) is 0 Å². The Morgan fingerprint density at radius 1 is 1.68 bits per heavy atom. The van der Waals surface area contributed by atoms with E-state index < -0.39 is 0 Å². The third kappa shape index (κ3) is 3.67. The molecular formula is C14H21N3O2. The number of nitrogens with one attached hydrogen (secondary N) is 1. The predicted molar refractivity (Wildman–Crippen MR) is 74.0 cm³/mol. The zero-order valence-electron chi connectivity index (χ0n) is 11.5. The van der Waals surface area contributed by atoms with E-state index >= 15 is 0 Å². The highest BCUT2D eigenvalue weighted by Gasteiger charge is 2.29. The lowest BCUT2D eigenvalue weighted by molar-refractivity contribution is 0.142. The van der Waals surface area contributed by atoms with Crippen LogP contribution in [-0.4, -0.2) is 39.7 Å². The number of aromatic nitrogens is 1. The Kier molecular flexibility index (Phi) is 4.37. The molecule has 104 valence electrons. The summed E-state index contributed by atoms with van der Waals surface area (Å²) in [7, 11) is 0. The van der Waals surface area contributed by atoms with Crippen LogP contribution in [-0.2, 0) is 0 Å². The molecule has 1 fully saturated rings. The average Bonchev–Trinajstić information content (AvgIpc) is 2.76. The third-order valence-corrected chi connectivity index (χ3v) is 3.40. The number of urea groups is 1.